The summed E-state index contributed by atoms with van der Waals surface area (Å²) < 4.78 is 22.9. The average molecular weight is 1230 g/mol. The first kappa shape index (κ1) is 85.0. The van der Waals surface area contributed by atoms with E-state index in [1.165, 1.54) is 347 Å². The van der Waals surface area contributed by atoms with Crippen LogP contribution in [0.25, 0.3) is 0 Å². The number of ether oxygens (including phenoxy) is 4. The lowest BCUT2D eigenvalue weighted by Gasteiger charge is -2.26. The van der Waals surface area contributed by atoms with Crippen LogP contribution in [-0.2, 0) is 33.3 Å². The van der Waals surface area contributed by atoms with Crippen molar-refractivity contribution in [2.24, 2.45) is 0 Å². The van der Waals surface area contributed by atoms with Crippen molar-refractivity contribution < 1.29 is 42.9 Å². The highest BCUT2D eigenvalue weighted by molar-refractivity contribution is 5.70. The number of hydrogen-bond acceptors (Lipinski definition) is 8. The van der Waals surface area contributed by atoms with E-state index >= 15 is 0 Å². The number of rotatable bonds is 74. The molecule has 0 aromatic heterocycles. The summed E-state index contributed by atoms with van der Waals surface area (Å²) in [5.74, 6) is -2.25. The molecule has 0 fully saturated rings. The fourth-order valence-electron chi connectivity index (χ4n) is 12.1. The quantitative estimate of drug-likeness (QED) is 0.0195. The van der Waals surface area contributed by atoms with Gasteiger partial charge in [0.1, 0.15) is 13.2 Å². The Bertz CT molecular complexity index is 1430. The maximum Gasteiger partial charge on any atom is 0.306 e. The molecule has 0 aliphatic heterocycles. The Morgan fingerprint density at radius 3 is 0.851 bits per heavy atom. The summed E-state index contributed by atoms with van der Waals surface area (Å²) in [4.78, 5) is 37.5. The van der Waals surface area contributed by atoms with E-state index in [1.54, 1.807) is 0 Å². The molecule has 9 heteroatoms. The molecule has 0 saturated carbocycles. The monoisotopic (exact) mass is 1230 g/mol. The predicted octanol–water partition coefficient (Wildman–Crippen LogP) is 23.0. The summed E-state index contributed by atoms with van der Waals surface area (Å²) >= 11 is 0. The van der Waals surface area contributed by atoms with E-state index in [2.05, 4.69) is 26.0 Å². The zero-order valence-electron chi connectivity index (χ0n) is 59.2. The van der Waals surface area contributed by atoms with Crippen molar-refractivity contribution in [1.82, 2.24) is 0 Å². The van der Waals surface area contributed by atoms with Crippen LogP contribution in [0.15, 0.2) is 12.2 Å². The molecule has 0 N–H and O–H groups in total. The predicted molar refractivity (Wildman–Crippen MR) is 371 cm³/mol. The molecule has 2 atom stereocenters. The molecule has 0 amide bonds. The van der Waals surface area contributed by atoms with Crippen molar-refractivity contribution in [1.29, 1.82) is 0 Å². The van der Waals surface area contributed by atoms with Crippen LogP contribution in [0.3, 0.4) is 0 Å². The minimum Gasteiger partial charge on any atom is -0.545 e. The SMILES string of the molecule is CCCCCCCCCC/C=C\CCCCCCCCCCCCCCCC(=O)OC(COC(=O)CCCCCCCCCCCCCCCCCCCCCCCCCCCCCCCCCCCCCCC)COC(OCC[N+](C)(C)C)C(=O)[O-]. The standard InChI is InChI=1S/C78H151NO8/c1-6-8-10-12-14-16-18-20-22-24-26-28-30-32-33-34-35-36-37-38-39-40-41-42-43-45-46-48-50-52-54-56-58-60-62-64-66-68-75(80)85-72-74(73-86-78(77(82)83)84-71-70-79(3,4)5)87-76(81)69-67-65-63-61-59-57-55-53-51-49-47-44-31-29-27-25-23-21-19-17-15-13-11-9-7-2/h25,27,74,78H,6-24,26,28-73H2,1-5H3/b27-25-. The maximum absolute atomic E-state index is 12.9. The number of carboxylic acid groups (broad SMARTS) is 1. The van der Waals surface area contributed by atoms with Crippen LogP contribution >= 0.6 is 0 Å². The van der Waals surface area contributed by atoms with Crippen molar-refractivity contribution in [2.45, 2.75) is 424 Å². The van der Waals surface area contributed by atoms with Gasteiger partial charge in [0, 0.05) is 12.8 Å². The summed E-state index contributed by atoms with van der Waals surface area (Å²) in [6.07, 6.45) is 83.4. The van der Waals surface area contributed by atoms with Crippen LogP contribution in [0.5, 0.6) is 0 Å². The Morgan fingerprint density at radius 2 is 0.586 bits per heavy atom. The Balaban J connectivity index is 3.94. The normalized spacial score (nSPS) is 12.6. The van der Waals surface area contributed by atoms with Crippen molar-refractivity contribution >= 4 is 17.9 Å². The van der Waals surface area contributed by atoms with Gasteiger partial charge < -0.3 is 33.3 Å². The summed E-state index contributed by atoms with van der Waals surface area (Å²) in [5, 5.41) is 11.8. The van der Waals surface area contributed by atoms with Gasteiger partial charge in [0.25, 0.3) is 0 Å². The fraction of sp³-hybridized carbons (Fsp3) is 0.936. The number of unbranched alkanes of at least 4 members (excludes halogenated alkanes) is 57. The molecular weight excluding hydrogens is 1080 g/mol. The topological polar surface area (TPSA) is 111 Å². The summed E-state index contributed by atoms with van der Waals surface area (Å²) in [6, 6.07) is 0. The van der Waals surface area contributed by atoms with Gasteiger partial charge in [0.15, 0.2) is 12.4 Å². The first-order valence-corrected chi connectivity index (χ1v) is 38.8. The van der Waals surface area contributed by atoms with Gasteiger partial charge in [-0.1, -0.05) is 373 Å². The number of nitrogens with zero attached hydrogens (tertiary/aromatic N) is 1. The molecule has 0 aliphatic rings. The van der Waals surface area contributed by atoms with E-state index in [4.69, 9.17) is 18.9 Å². The van der Waals surface area contributed by atoms with Crippen LogP contribution < -0.4 is 5.11 Å². The molecule has 0 spiro atoms. The van der Waals surface area contributed by atoms with E-state index in [9.17, 15) is 19.5 Å². The van der Waals surface area contributed by atoms with Gasteiger partial charge in [-0.15, -0.1) is 0 Å². The Kier molecular flexibility index (Phi) is 68.3. The second-order valence-electron chi connectivity index (χ2n) is 28.0. The molecule has 0 rings (SSSR count). The lowest BCUT2D eigenvalue weighted by Crippen LogP contribution is -2.44. The lowest BCUT2D eigenvalue weighted by molar-refractivity contribution is -0.870. The van der Waals surface area contributed by atoms with Crippen LogP contribution in [0, 0.1) is 0 Å². The zero-order chi connectivity index (χ0) is 63.3. The summed E-state index contributed by atoms with van der Waals surface area (Å²) in [6.45, 7) is 4.84. The molecular formula is C78H151NO8. The number of carbonyl (C=O) groups is 3. The van der Waals surface area contributed by atoms with Crippen LogP contribution in [0.4, 0.5) is 0 Å². The average Bonchev–Trinajstić information content (AvgIpc) is 3.59. The van der Waals surface area contributed by atoms with Crippen molar-refractivity contribution in [3.8, 4) is 0 Å². The van der Waals surface area contributed by atoms with Gasteiger partial charge in [-0.25, -0.2) is 0 Å². The number of allylic oxidation sites excluding steroid dienone is 2. The third-order valence-corrected chi connectivity index (χ3v) is 18.0. The largest absolute Gasteiger partial charge is 0.545 e. The number of aliphatic carboxylic acids is 1. The molecule has 516 valence electrons. The van der Waals surface area contributed by atoms with Gasteiger partial charge in [0.2, 0.25) is 0 Å². The minimum absolute atomic E-state index is 0.152. The highest BCUT2D eigenvalue weighted by atomic mass is 16.7. The van der Waals surface area contributed by atoms with E-state index in [0.29, 0.717) is 17.4 Å². The molecule has 0 saturated heterocycles. The van der Waals surface area contributed by atoms with Crippen LogP contribution in [0.2, 0.25) is 0 Å². The highest BCUT2D eigenvalue weighted by Crippen LogP contribution is 2.20. The molecule has 0 heterocycles. The Hall–Kier alpha value is -1.97. The molecule has 9 nitrogen and oxygen atoms in total. The first-order chi connectivity index (χ1) is 42.6. The van der Waals surface area contributed by atoms with Crippen LogP contribution in [-0.4, -0.2) is 82.3 Å². The molecule has 0 aliphatic carbocycles. The zero-order valence-corrected chi connectivity index (χ0v) is 59.2. The number of esters is 2. The van der Waals surface area contributed by atoms with Gasteiger partial charge in [0.05, 0.1) is 40.3 Å². The Morgan fingerprint density at radius 1 is 0.333 bits per heavy atom. The second kappa shape index (κ2) is 69.9. The number of hydrogen-bond donors (Lipinski definition) is 0. The van der Waals surface area contributed by atoms with Crippen molar-refractivity contribution in [2.75, 3.05) is 47.5 Å². The molecule has 0 aromatic rings. The van der Waals surface area contributed by atoms with Gasteiger partial charge in [-0.05, 0) is 38.5 Å². The third kappa shape index (κ3) is 71.3. The minimum atomic E-state index is -1.62. The maximum atomic E-state index is 12.9. The second-order valence-corrected chi connectivity index (χ2v) is 28.0. The van der Waals surface area contributed by atoms with Gasteiger partial charge in [-0.2, -0.15) is 0 Å². The number of quaternary nitrogens is 1. The molecule has 0 radical (unpaired) electrons. The number of carboxylic acids is 1. The van der Waals surface area contributed by atoms with E-state index in [0.717, 1.165) is 38.5 Å². The lowest BCUT2D eigenvalue weighted by atomic mass is 10.0. The van der Waals surface area contributed by atoms with Crippen molar-refractivity contribution in [3.05, 3.63) is 12.2 Å². The van der Waals surface area contributed by atoms with Crippen LogP contribution in [0.1, 0.15) is 412 Å². The smallest absolute Gasteiger partial charge is 0.306 e. The summed E-state index contributed by atoms with van der Waals surface area (Å²) in [7, 11) is 5.95. The van der Waals surface area contributed by atoms with Gasteiger partial charge in [-0.3, -0.25) is 9.59 Å². The molecule has 87 heavy (non-hydrogen) atoms. The third-order valence-electron chi connectivity index (χ3n) is 18.0. The van der Waals surface area contributed by atoms with Gasteiger partial charge >= 0.3 is 11.9 Å². The van der Waals surface area contributed by atoms with E-state index < -0.39 is 24.3 Å². The fourth-order valence-corrected chi connectivity index (χ4v) is 12.1. The molecule has 0 bridgehead atoms. The molecule has 0 aromatic carbocycles. The number of carbonyl (C=O) groups excluding carboxylic acids is 3. The van der Waals surface area contributed by atoms with E-state index in [1.807, 2.05) is 21.1 Å². The number of likely N-dealkylation sites (N-methyl/N-ethyl adjacent to an activating group) is 1. The molecule has 2 unspecified atom stereocenters. The first-order valence-electron chi connectivity index (χ1n) is 38.8. The van der Waals surface area contributed by atoms with Crippen molar-refractivity contribution in [3.63, 3.8) is 0 Å². The highest BCUT2D eigenvalue weighted by Gasteiger charge is 2.22. The van der Waals surface area contributed by atoms with E-state index in [-0.39, 0.29) is 32.2 Å². The Labute approximate surface area is 542 Å². The summed E-state index contributed by atoms with van der Waals surface area (Å²) in [5.41, 5.74) is 0.